The molecule has 1 nitrogen and oxygen atoms in total. The van der Waals surface area contributed by atoms with Gasteiger partial charge >= 0.3 is 0 Å². The Labute approximate surface area is 247 Å². The fourth-order valence-electron chi connectivity index (χ4n) is 9.19. The molecule has 4 aliphatic carbocycles. The van der Waals surface area contributed by atoms with Crippen LogP contribution in [0.1, 0.15) is 140 Å². The van der Waals surface area contributed by atoms with E-state index in [9.17, 15) is 0 Å². The molecule has 4 saturated carbocycles. The maximum atomic E-state index is 7.40. The van der Waals surface area contributed by atoms with Crippen molar-refractivity contribution in [1.82, 2.24) is 0 Å². The van der Waals surface area contributed by atoms with Crippen LogP contribution in [-0.4, -0.2) is 22.6 Å². The van der Waals surface area contributed by atoms with E-state index < -0.39 is 0 Å². The highest BCUT2D eigenvalue weighted by molar-refractivity contribution is 7.67. The summed E-state index contributed by atoms with van der Waals surface area (Å²) in [5, 5.41) is 3.32. The number of para-hydroxylation sites is 2. The molecule has 0 N–H and O–H groups in total. The first-order valence-electron chi connectivity index (χ1n) is 17.3. The van der Waals surface area contributed by atoms with Crippen molar-refractivity contribution < 1.29 is 4.74 Å². The van der Waals surface area contributed by atoms with Crippen molar-refractivity contribution in [2.75, 3.05) is 0 Å². The van der Waals surface area contributed by atoms with Gasteiger partial charge in [0.2, 0.25) is 0 Å². The zero-order valence-electron chi connectivity index (χ0n) is 24.9. The van der Waals surface area contributed by atoms with Crippen molar-refractivity contribution >= 4 is 26.5 Å². The van der Waals surface area contributed by atoms with E-state index in [2.05, 4.69) is 36.4 Å². The Morgan fingerprint density at radius 1 is 0.425 bits per heavy atom. The summed E-state index contributed by atoms with van der Waals surface area (Å²) in [6, 6.07) is 14.6. The SMILES string of the molecule is c1cc2c(c(P(C3CCCCC3)C3CCCCC3)c1)Oc1c(cccc1P(C1CCCCC1)C1CCCCC1)C2. The standard InChI is InChI=1S/C37H52OP2/c1-5-17-30(18-6-1)39(31-19-7-2-8-20-31)34-25-13-15-28-27-29-16-14-26-35(37(29)38-36(28)34)40(32-21-9-3-10-22-32)33-23-11-4-12-24-33/h13-16,25-26,30-33H,1-12,17-24,27H2. The lowest BCUT2D eigenvalue weighted by molar-refractivity contribution is 0.463. The van der Waals surface area contributed by atoms with Crippen molar-refractivity contribution in [3.05, 3.63) is 47.5 Å². The van der Waals surface area contributed by atoms with Crippen molar-refractivity contribution in [3.8, 4) is 11.5 Å². The van der Waals surface area contributed by atoms with Gasteiger partial charge in [-0.1, -0.05) is 129 Å². The van der Waals surface area contributed by atoms with Crippen molar-refractivity contribution in [1.29, 1.82) is 0 Å². The third-order valence-corrected chi connectivity index (χ3v) is 18.2. The van der Waals surface area contributed by atoms with Gasteiger partial charge in [0.25, 0.3) is 0 Å². The lowest BCUT2D eigenvalue weighted by Crippen LogP contribution is -2.30. The molecule has 1 aliphatic heterocycles. The first kappa shape index (κ1) is 27.9. The number of rotatable bonds is 6. The van der Waals surface area contributed by atoms with Gasteiger partial charge in [-0.3, -0.25) is 0 Å². The number of hydrogen-bond acceptors (Lipinski definition) is 1. The topological polar surface area (TPSA) is 9.23 Å². The normalized spacial score (nSPS) is 23.6. The molecule has 0 spiro atoms. The molecule has 0 bridgehead atoms. The van der Waals surface area contributed by atoms with Gasteiger partial charge in [-0.05, 0) is 85.1 Å². The third-order valence-electron chi connectivity index (χ3n) is 11.2. The average molecular weight is 575 g/mol. The second-order valence-electron chi connectivity index (χ2n) is 13.8. The molecule has 0 saturated heterocycles. The summed E-state index contributed by atoms with van der Waals surface area (Å²) in [6.45, 7) is 0. The molecule has 216 valence electrons. The largest absolute Gasteiger partial charge is 0.455 e. The Morgan fingerprint density at radius 3 is 1.07 bits per heavy atom. The maximum absolute atomic E-state index is 7.40. The van der Waals surface area contributed by atoms with Crippen LogP contribution in [0, 0.1) is 0 Å². The predicted molar refractivity (Wildman–Crippen MR) is 176 cm³/mol. The fraction of sp³-hybridized carbons (Fsp3) is 0.676. The highest BCUT2D eigenvalue weighted by Crippen LogP contribution is 2.60. The minimum absolute atomic E-state index is 0.165. The van der Waals surface area contributed by atoms with Crippen LogP contribution in [0.2, 0.25) is 0 Å². The van der Waals surface area contributed by atoms with E-state index >= 15 is 0 Å². The number of ether oxygens (including phenoxy) is 1. The number of fused-ring (bicyclic) bond motifs is 2. The minimum atomic E-state index is -0.165. The Kier molecular flexibility index (Phi) is 9.19. The molecule has 0 atom stereocenters. The van der Waals surface area contributed by atoms with Crippen LogP contribution in [0.25, 0.3) is 0 Å². The summed E-state index contributed by atoms with van der Waals surface area (Å²) in [6.07, 6.45) is 30.2. The van der Waals surface area contributed by atoms with Gasteiger partial charge in [0.05, 0.1) is 0 Å². The van der Waals surface area contributed by atoms with Crippen LogP contribution in [0.5, 0.6) is 11.5 Å². The molecule has 2 aromatic rings. The van der Waals surface area contributed by atoms with E-state index in [1.807, 2.05) is 0 Å². The summed E-state index contributed by atoms with van der Waals surface area (Å²) < 4.78 is 7.40. The molecule has 4 fully saturated rings. The Hall–Kier alpha value is -0.900. The van der Waals surface area contributed by atoms with E-state index in [-0.39, 0.29) is 15.8 Å². The zero-order chi connectivity index (χ0) is 26.7. The monoisotopic (exact) mass is 574 g/mol. The van der Waals surface area contributed by atoms with E-state index in [0.717, 1.165) is 29.1 Å². The zero-order valence-corrected chi connectivity index (χ0v) is 26.7. The van der Waals surface area contributed by atoms with Gasteiger partial charge in [0.15, 0.2) is 0 Å². The quantitative estimate of drug-likeness (QED) is 0.266. The van der Waals surface area contributed by atoms with E-state index in [1.54, 1.807) is 10.6 Å². The summed E-state index contributed by atoms with van der Waals surface area (Å²) in [4.78, 5) is 0. The molecule has 3 heteroatoms. The predicted octanol–water partition coefficient (Wildman–Crippen LogP) is 10.9. The molecule has 0 amide bonds. The molecule has 40 heavy (non-hydrogen) atoms. The van der Waals surface area contributed by atoms with E-state index in [4.69, 9.17) is 4.74 Å². The second kappa shape index (κ2) is 13.2. The van der Waals surface area contributed by atoms with E-state index in [0.29, 0.717) is 0 Å². The lowest BCUT2D eigenvalue weighted by Gasteiger charge is -2.41. The molecule has 2 aromatic carbocycles. The maximum Gasteiger partial charge on any atom is 0.138 e. The molecule has 5 aliphatic rings. The van der Waals surface area contributed by atoms with Crippen LogP contribution in [-0.2, 0) is 6.42 Å². The second-order valence-corrected chi connectivity index (χ2v) is 19.3. The first-order chi connectivity index (χ1) is 19.9. The van der Waals surface area contributed by atoms with E-state index in [1.165, 1.54) is 151 Å². The molecular formula is C37H52OP2. The van der Waals surface area contributed by atoms with Crippen LogP contribution in [0.3, 0.4) is 0 Å². The molecule has 0 aromatic heterocycles. The van der Waals surface area contributed by atoms with Crippen LogP contribution >= 0.6 is 15.8 Å². The molecular weight excluding hydrogens is 522 g/mol. The summed E-state index contributed by atoms with van der Waals surface area (Å²) >= 11 is 0. The van der Waals surface area contributed by atoms with Crippen LogP contribution < -0.4 is 15.3 Å². The first-order valence-corrected chi connectivity index (χ1v) is 20.3. The third kappa shape index (κ3) is 5.83. The molecule has 0 unspecified atom stereocenters. The van der Waals surface area contributed by atoms with Crippen molar-refractivity contribution in [2.45, 2.75) is 157 Å². The number of benzene rings is 2. The smallest absolute Gasteiger partial charge is 0.138 e. The summed E-state index contributed by atoms with van der Waals surface area (Å²) in [5.41, 5.74) is 6.61. The lowest BCUT2D eigenvalue weighted by atomic mass is 9.99. The summed E-state index contributed by atoms with van der Waals surface area (Å²) in [7, 11) is -0.330. The fourth-order valence-corrected chi connectivity index (χ4v) is 17.0. The average Bonchev–Trinajstić information content (AvgIpc) is 3.03. The Balaban J connectivity index is 1.27. The van der Waals surface area contributed by atoms with Gasteiger partial charge in [-0.2, -0.15) is 0 Å². The summed E-state index contributed by atoms with van der Waals surface area (Å²) in [5.74, 6) is 2.65. The minimum Gasteiger partial charge on any atom is -0.455 e. The van der Waals surface area contributed by atoms with Gasteiger partial charge < -0.3 is 4.74 Å². The molecule has 1 heterocycles. The van der Waals surface area contributed by atoms with Crippen molar-refractivity contribution in [2.24, 2.45) is 0 Å². The highest BCUT2D eigenvalue weighted by atomic mass is 31.1. The molecule has 0 radical (unpaired) electrons. The van der Waals surface area contributed by atoms with Gasteiger partial charge in [-0.25, -0.2) is 0 Å². The Bertz CT molecular complexity index is 995. The van der Waals surface area contributed by atoms with Crippen LogP contribution in [0.15, 0.2) is 36.4 Å². The highest BCUT2D eigenvalue weighted by Gasteiger charge is 2.38. The van der Waals surface area contributed by atoms with Gasteiger partial charge in [-0.15, -0.1) is 0 Å². The van der Waals surface area contributed by atoms with Gasteiger partial charge in [0.1, 0.15) is 11.5 Å². The Morgan fingerprint density at radius 2 is 0.750 bits per heavy atom. The van der Waals surface area contributed by atoms with Crippen molar-refractivity contribution in [3.63, 3.8) is 0 Å². The number of hydrogen-bond donors (Lipinski definition) is 0. The van der Waals surface area contributed by atoms with Crippen LogP contribution in [0.4, 0.5) is 0 Å². The van der Waals surface area contributed by atoms with Gasteiger partial charge in [0, 0.05) is 17.0 Å². The molecule has 7 rings (SSSR count).